The highest BCUT2D eigenvalue weighted by Crippen LogP contribution is 2.36. The van der Waals surface area contributed by atoms with Crippen molar-refractivity contribution in [2.24, 2.45) is 5.73 Å². The molecule has 0 radical (unpaired) electrons. The summed E-state index contributed by atoms with van der Waals surface area (Å²) in [5, 5.41) is 9.87. The highest BCUT2D eigenvalue weighted by atomic mass is 35.5. The molecule has 1 atom stereocenters. The topological polar surface area (TPSA) is 72.6 Å². The third-order valence-corrected chi connectivity index (χ3v) is 2.55. The van der Waals surface area contributed by atoms with Gasteiger partial charge in [0.15, 0.2) is 4.33 Å². The van der Waals surface area contributed by atoms with Crippen LogP contribution in [0.25, 0.3) is 0 Å². The first kappa shape index (κ1) is 13.1. The van der Waals surface area contributed by atoms with Crippen molar-refractivity contribution in [1.29, 1.82) is 0 Å². The molecule has 0 fully saturated rings. The molecule has 1 amide bonds. The normalized spacial score (nSPS) is 13.2. The Morgan fingerprint density at radius 3 is 2.50 bits per heavy atom. The standard InChI is InChI=1S/C10H11Cl2NO3/c11-10(12,6-16-9(13)15)8(14)7-4-2-1-3-5-7/h1-5,8,14H,6H2,(H2,13,15). The number of nitrogens with two attached hydrogens (primary N) is 1. The molecule has 0 aromatic heterocycles. The second kappa shape index (κ2) is 5.39. The Morgan fingerprint density at radius 1 is 1.44 bits per heavy atom. The van der Waals surface area contributed by atoms with Crippen molar-refractivity contribution in [3.05, 3.63) is 35.9 Å². The van der Waals surface area contributed by atoms with Crippen LogP contribution in [0.15, 0.2) is 30.3 Å². The van der Waals surface area contributed by atoms with Gasteiger partial charge in [0.25, 0.3) is 0 Å². The number of ether oxygens (including phenoxy) is 1. The first-order valence-electron chi connectivity index (χ1n) is 4.46. The minimum Gasteiger partial charge on any atom is -0.446 e. The Labute approximate surface area is 103 Å². The van der Waals surface area contributed by atoms with E-state index in [0.717, 1.165) is 0 Å². The summed E-state index contributed by atoms with van der Waals surface area (Å²) in [6.07, 6.45) is -2.16. The van der Waals surface area contributed by atoms with Gasteiger partial charge in [-0.3, -0.25) is 0 Å². The van der Waals surface area contributed by atoms with Crippen LogP contribution in [0.2, 0.25) is 0 Å². The number of carbonyl (C=O) groups excluding carboxylic acids is 1. The molecule has 4 nitrogen and oxygen atoms in total. The second-order valence-electron chi connectivity index (χ2n) is 3.18. The molecule has 0 saturated heterocycles. The fourth-order valence-electron chi connectivity index (χ4n) is 1.13. The highest BCUT2D eigenvalue weighted by Gasteiger charge is 2.36. The third-order valence-electron chi connectivity index (χ3n) is 1.92. The van der Waals surface area contributed by atoms with Crippen LogP contribution in [0, 0.1) is 0 Å². The molecule has 0 spiro atoms. The molecule has 1 aromatic carbocycles. The Hall–Kier alpha value is -0.970. The number of carbonyl (C=O) groups is 1. The van der Waals surface area contributed by atoms with E-state index in [4.69, 9.17) is 28.9 Å². The predicted molar refractivity (Wildman–Crippen MR) is 61.4 cm³/mol. The van der Waals surface area contributed by atoms with Gasteiger partial charge in [-0.05, 0) is 5.56 Å². The van der Waals surface area contributed by atoms with E-state index in [-0.39, 0.29) is 6.61 Å². The summed E-state index contributed by atoms with van der Waals surface area (Å²) >= 11 is 11.7. The van der Waals surface area contributed by atoms with Crippen LogP contribution >= 0.6 is 23.2 Å². The Kier molecular flexibility index (Phi) is 4.41. The van der Waals surface area contributed by atoms with Crippen molar-refractivity contribution in [3.63, 3.8) is 0 Å². The minimum absolute atomic E-state index is 0.387. The molecule has 3 N–H and O–H groups in total. The van der Waals surface area contributed by atoms with Crippen LogP contribution in [0.1, 0.15) is 11.7 Å². The minimum atomic E-state index is -1.63. The number of hydrogen-bond donors (Lipinski definition) is 2. The van der Waals surface area contributed by atoms with Gasteiger partial charge < -0.3 is 15.6 Å². The molecular formula is C10H11Cl2NO3. The average molecular weight is 264 g/mol. The van der Waals surface area contributed by atoms with Crippen LogP contribution < -0.4 is 5.73 Å². The molecule has 6 heteroatoms. The van der Waals surface area contributed by atoms with E-state index in [9.17, 15) is 9.90 Å². The molecular weight excluding hydrogens is 253 g/mol. The molecule has 0 bridgehead atoms. The number of primary amides is 1. The number of alkyl halides is 2. The molecule has 1 unspecified atom stereocenters. The first-order valence-corrected chi connectivity index (χ1v) is 5.22. The molecule has 0 aliphatic carbocycles. The number of halogens is 2. The molecule has 1 rings (SSSR count). The van der Waals surface area contributed by atoms with Gasteiger partial charge >= 0.3 is 6.09 Å². The number of amides is 1. The molecule has 0 heterocycles. The van der Waals surface area contributed by atoms with Crippen LogP contribution in [-0.4, -0.2) is 22.1 Å². The van der Waals surface area contributed by atoms with E-state index in [2.05, 4.69) is 4.74 Å². The zero-order valence-electron chi connectivity index (χ0n) is 8.27. The van der Waals surface area contributed by atoms with Gasteiger partial charge in [-0.1, -0.05) is 53.5 Å². The zero-order valence-corrected chi connectivity index (χ0v) is 9.78. The summed E-state index contributed by atoms with van der Waals surface area (Å²) in [5.41, 5.74) is 5.31. The number of aliphatic hydroxyl groups is 1. The predicted octanol–water partition coefficient (Wildman–Crippen LogP) is 1.99. The van der Waals surface area contributed by atoms with Crippen molar-refractivity contribution in [1.82, 2.24) is 0 Å². The Bertz CT molecular complexity index is 356. The number of rotatable bonds is 4. The number of benzene rings is 1. The maximum atomic E-state index is 10.4. The van der Waals surface area contributed by atoms with Gasteiger partial charge in [-0.2, -0.15) is 0 Å². The maximum Gasteiger partial charge on any atom is 0.404 e. The summed E-state index contributed by atoms with van der Waals surface area (Å²) in [7, 11) is 0. The molecule has 1 aromatic rings. The SMILES string of the molecule is NC(=O)OCC(Cl)(Cl)C(O)c1ccccc1. The van der Waals surface area contributed by atoms with Crippen molar-refractivity contribution >= 4 is 29.3 Å². The van der Waals surface area contributed by atoms with E-state index < -0.39 is 16.5 Å². The monoisotopic (exact) mass is 263 g/mol. The fraction of sp³-hybridized carbons (Fsp3) is 0.300. The lowest BCUT2D eigenvalue weighted by atomic mass is 10.1. The van der Waals surface area contributed by atoms with Crippen LogP contribution in [0.4, 0.5) is 4.79 Å². The van der Waals surface area contributed by atoms with Gasteiger partial charge in [0.1, 0.15) is 12.7 Å². The van der Waals surface area contributed by atoms with E-state index in [1.807, 2.05) is 0 Å². The van der Waals surface area contributed by atoms with Crippen molar-refractivity contribution in [2.75, 3.05) is 6.61 Å². The van der Waals surface area contributed by atoms with Gasteiger partial charge in [-0.15, -0.1) is 0 Å². The largest absolute Gasteiger partial charge is 0.446 e. The number of hydrogen-bond acceptors (Lipinski definition) is 3. The van der Waals surface area contributed by atoms with Crippen LogP contribution in [-0.2, 0) is 4.74 Å². The van der Waals surface area contributed by atoms with E-state index in [1.54, 1.807) is 30.3 Å². The van der Waals surface area contributed by atoms with Gasteiger partial charge in [-0.25, -0.2) is 4.79 Å². The van der Waals surface area contributed by atoms with Crippen molar-refractivity contribution < 1.29 is 14.6 Å². The second-order valence-corrected chi connectivity index (χ2v) is 4.72. The van der Waals surface area contributed by atoms with Gasteiger partial charge in [0.05, 0.1) is 0 Å². The third kappa shape index (κ3) is 3.56. The van der Waals surface area contributed by atoms with Gasteiger partial charge in [0.2, 0.25) is 0 Å². The van der Waals surface area contributed by atoms with E-state index >= 15 is 0 Å². The average Bonchev–Trinajstić information content (AvgIpc) is 2.27. The van der Waals surface area contributed by atoms with Gasteiger partial charge in [0, 0.05) is 0 Å². The summed E-state index contributed by atoms with van der Waals surface area (Å²) in [6.45, 7) is -0.387. The first-order chi connectivity index (χ1) is 7.43. The lowest BCUT2D eigenvalue weighted by Crippen LogP contribution is -2.32. The smallest absolute Gasteiger partial charge is 0.404 e. The molecule has 0 saturated carbocycles. The Morgan fingerprint density at radius 2 is 2.00 bits per heavy atom. The molecule has 16 heavy (non-hydrogen) atoms. The molecule has 0 aliphatic heterocycles. The van der Waals surface area contributed by atoms with Crippen LogP contribution in [0.5, 0.6) is 0 Å². The molecule has 88 valence electrons. The number of aliphatic hydroxyl groups excluding tert-OH is 1. The van der Waals surface area contributed by atoms with Crippen molar-refractivity contribution in [2.45, 2.75) is 10.4 Å². The van der Waals surface area contributed by atoms with Crippen molar-refractivity contribution in [3.8, 4) is 0 Å². The quantitative estimate of drug-likeness (QED) is 0.817. The van der Waals surface area contributed by atoms with E-state index in [0.29, 0.717) is 5.56 Å². The highest BCUT2D eigenvalue weighted by molar-refractivity contribution is 6.49. The lowest BCUT2D eigenvalue weighted by Gasteiger charge is -2.25. The summed E-state index contributed by atoms with van der Waals surface area (Å²) < 4.78 is 2.84. The summed E-state index contributed by atoms with van der Waals surface area (Å²) in [4.78, 5) is 10.4. The lowest BCUT2D eigenvalue weighted by molar-refractivity contribution is 0.102. The maximum absolute atomic E-state index is 10.4. The fourth-order valence-corrected chi connectivity index (χ4v) is 1.49. The van der Waals surface area contributed by atoms with E-state index in [1.165, 1.54) is 0 Å². The summed E-state index contributed by atoms with van der Waals surface area (Å²) in [5.74, 6) is 0. The molecule has 0 aliphatic rings. The Balaban J connectivity index is 2.72. The van der Waals surface area contributed by atoms with Crippen LogP contribution in [0.3, 0.4) is 0 Å². The summed E-state index contributed by atoms with van der Waals surface area (Å²) in [6, 6.07) is 8.58. The zero-order chi connectivity index (χ0) is 12.2.